The van der Waals surface area contributed by atoms with Crippen LogP contribution in [0.25, 0.3) is 0 Å². The van der Waals surface area contributed by atoms with Crippen LogP contribution in [-0.2, 0) is 18.4 Å². The molecule has 44 heavy (non-hydrogen) atoms. The number of aliphatic hydroxyl groups excluding tert-OH is 1. The standard InChI is InChI=1S/C35H63N2O6P/c1-6-8-10-12-14-15-16-17-18-19-20-21-23-25-27-29-35(39)36-33(34(38)28-26-24-22-13-11-9-7-2)32-43-44(40,41)42-31-30-37(3,4)5/h8,10,14-15,17-18,20-21,26,28,33-34,38H,6-7,9,11-13,16,19,22-25,27,29-32H2,1-5H3,(H-,36,39,40,41)/p+1/b10-8-,15-14-,18-17-,21-20-,28-26+. The van der Waals surface area contributed by atoms with E-state index < -0.39 is 20.0 Å². The monoisotopic (exact) mass is 639 g/mol. The number of carbonyl (C=O) groups excluding carboxylic acids is 1. The summed E-state index contributed by atoms with van der Waals surface area (Å²) in [5.74, 6) is -0.227. The van der Waals surface area contributed by atoms with Gasteiger partial charge in [-0.3, -0.25) is 13.8 Å². The smallest absolute Gasteiger partial charge is 0.387 e. The van der Waals surface area contributed by atoms with E-state index >= 15 is 0 Å². The minimum absolute atomic E-state index is 0.0497. The highest BCUT2D eigenvalue weighted by Gasteiger charge is 2.27. The summed E-state index contributed by atoms with van der Waals surface area (Å²) in [6.07, 6.45) is 33.1. The summed E-state index contributed by atoms with van der Waals surface area (Å²) in [6.45, 7) is 4.55. The van der Waals surface area contributed by atoms with Crippen LogP contribution < -0.4 is 5.32 Å². The van der Waals surface area contributed by atoms with Crippen LogP contribution in [0.1, 0.15) is 104 Å². The van der Waals surface area contributed by atoms with Crippen LogP contribution in [0.5, 0.6) is 0 Å². The largest absolute Gasteiger partial charge is 0.472 e. The lowest BCUT2D eigenvalue weighted by atomic mass is 10.1. The zero-order chi connectivity index (χ0) is 32.9. The minimum Gasteiger partial charge on any atom is -0.387 e. The van der Waals surface area contributed by atoms with E-state index in [4.69, 9.17) is 9.05 Å². The molecule has 0 aliphatic heterocycles. The van der Waals surface area contributed by atoms with Crippen molar-refractivity contribution in [3.05, 3.63) is 60.8 Å². The Balaban J connectivity index is 4.63. The van der Waals surface area contributed by atoms with Crippen molar-refractivity contribution in [2.24, 2.45) is 0 Å². The van der Waals surface area contributed by atoms with Gasteiger partial charge >= 0.3 is 7.82 Å². The minimum atomic E-state index is -4.33. The van der Waals surface area contributed by atoms with E-state index in [2.05, 4.69) is 67.8 Å². The zero-order valence-electron chi connectivity index (χ0n) is 28.4. The van der Waals surface area contributed by atoms with Crippen LogP contribution in [0.15, 0.2) is 60.8 Å². The average molecular weight is 640 g/mol. The zero-order valence-corrected chi connectivity index (χ0v) is 29.3. The Bertz CT molecular complexity index is 907. The van der Waals surface area contributed by atoms with Gasteiger partial charge in [0, 0.05) is 6.42 Å². The van der Waals surface area contributed by atoms with Gasteiger partial charge in [-0.1, -0.05) is 100 Å². The Labute approximate surface area is 269 Å². The maximum absolute atomic E-state index is 12.7. The third kappa shape index (κ3) is 28.9. The van der Waals surface area contributed by atoms with Gasteiger partial charge < -0.3 is 19.8 Å². The van der Waals surface area contributed by atoms with Crippen molar-refractivity contribution in [3.63, 3.8) is 0 Å². The molecule has 0 spiro atoms. The first-order valence-electron chi connectivity index (χ1n) is 16.7. The number of likely N-dealkylation sites (N-methyl/N-ethyl adjacent to an activating group) is 1. The second-order valence-electron chi connectivity index (χ2n) is 12.2. The van der Waals surface area contributed by atoms with Crippen LogP contribution in [0.3, 0.4) is 0 Å². The summed E-state index contributed by atoms with van der Waals surface area (Å²) in [6, 6.07) is -0.865. The van der Waals surface area contributed by atoms with E-state index in [1.54, 1.807) is 6.08 Å². The van der Waals surface area contributed by atoms with Gasteiger partial charge in [-0.05, 0) is 57.8 Å². The van der Waals surface area contributed by atoms with Crippen molar-refractivity contribution in [3.8, 4) is 0 Å². The molecular formula is C35H64N2O6P+. The van der Waals surface area contributed by atoms with Gasteiger partial charge in [0.1, 0.15) is 13.2 Å². The second-order valence-corrected chi connectivity index (χ2v) is 13.6. The molecule has 0 saturated heterocycles. The Morgan fingerprint density at radius 1 is 0.795 bits per heavy atom. The lowest BCUT2D eigenvalue weighted by Crippen LogP contribution is -2.45. The number of nitrogens with one attached hydrogen (secondary N) is 1. The summed E-state index contributed by atoms with van der Waals surface area (Å²) in [5.41, 5.74) is 0. The lowest BCUT2D eigenvalue weighted by Gasteiger charge is -2.25. The van der Waals surface area contributed by atoms with E-state index in [9.17, 15) is 19.4 Å². The van der Waals surface area contributed by atoms with Crippen molar-refractivity contribution in [1.29, 1.82) is 0 Å². The Morgan fingerprint density at radius 2 is 1.36 bits per heavy atom. The predicted molar refractivity (Wildman–Crippen MR) is 184 cm³/mol. The molecule has 0 aliphatic carbocycles. The first kappa shape index (κ1) is 42.2. The van der Waals surface area contributed by atoms with Crippen LogP contribution >= 0.6 is 7.82 Å². The maximum atomic E-state index is 12.7. The maximum Gasteiger partial charge on any atom is 0.472 e. The molecule has 3 N–H and O–H groups in total. The van der Waals surface area contributed by atoms with E-state index in [0.29, 0.717) is 23.9 Å². The normalized spacial score (nSPS) is 15.7. The molecule has 0 bridgehead atoms. The number of nitrogens with zero attached hydrogens (tertiary/aromatic N) is 1. The molecule has 3 unspecified atom stereocenters. The fraction of sp³-hybridized carbons (Fsp3) is 0.686. The molecule has 0 aromatic heterocycles. The van der Waals surface area contributed by atoms with Crippen molar-refractivity contribution in [1.82, 2.24) is 5.32 Å². The molecule has 0 fully saturated rings. The number of hydrogen-bond donors (Lipinski definition) is 3. The molecule has 0 aliphatic rings. The molecule has 0 aromatic rings. The fourth-order valence-corrected chi connectivity index (χ4v) is 4.76. The number of carbonyl (C=O) groups is 1. The van der Waals surface area contributed by atoms with Crippen molar-refractivity contribution >= 4 is 13.7 Å². The molecule has 3 atom stereocenters. The number of hydrogen-bond acceptors (Lipinski definition) is 5. The van der Waals surface area contributed by atoms with Gasteiger partial charge in [0.25, 0.3) is 0 Å². The van der Waals surface area contributed by atoms with Gasteiger partial charge in [0.05, 0.1) is 39.9 Å². The van der Waals surface area contributed by atoms with Gasteiger partial charge in [-0.15, -0.1) is 0 Å². The first-order valence-corrected chi connectivity index (χ1v) is 18.2. The summed E-state index contributed by atoms with van der Waals surface area (Å²) in [4.78, 5) is 22.8. The van der Waals surface area contributed by atoms with Crippen LogP contribution in [0.2, 0.25) is 0 Å². The van der Waals surface area contributed by atoms with Crippen LogP contribution in [0, 0.1) is 0 Å². The van der Waals surface area contributed by atoms with Crippen LogP contribution in [0.4, 0.5) is 0 Å². The van der Waals surface area contributed by atoms with Gasteiger partial charge in [0.15, 0.2) is 0 Å². The number of rotatable bonds is 28. The quantitative estimate of drug-likeness (QED) is 0.0347. The molecule has 0 heterocycles. The highest BCUT2D eigenvalue weighted by Crippen LogP contribution is 2.43. The third-order valence-corrected chi connectivity index (χ3v) is 7.73. The fourth-order valence-electron chi connectivity index (χ4n) is 4.03. The van der Waals surface area contributed by atoms with E-state index in [1.165, 1.54) is 19.3 Å². The van der Waals surface area contributed by atoms with Gasteiger partial charge in [0.2, 0.25) is 5.91 Å². The molecule has 8 nitrogen and oxygen atoms in total. The molecule has 9 heteroatoms. The topological polar surface area (TPSA) is 105 Å². The van der Waals surface area contributed by atoms with E-state index in [1.807, 2.05) is 27.2 Å². The summed E-state index contributed by atoms with van der Waals surface area (Å²) >= 11 is 0. The first-order chi connectivity index (χ1) is 21.0. The number of quaternary nitrogens is 1. The molecule has 254 valence electrons. The van der Waals surface area contributed by atoms with Crippen LogP contribution in [-0.4, -0.2) is 73.4 Å². The lowest BCUT2D eigenvalue weighted by molar-refractivity contribution is -0.870. The number of unbranched alkanes of at least 4 members (excludes halogenated alkanes) is 7. The predicted octanol–water partition coefficient (Wildman–Crippen LogP) is 7.95. The molecular weight excluding hydrogens is 575 g/mol. The van der Waals surface area contributed by atoms with Crippen molar-refractivity contribution in [2.75, 3.05) is 40.9 Å². The molecule has 1 amide bonds. The number of allylic oxidation sites excluding steroid dienone is 9. The summed E-state index contributed by atoms with van der Waals surface area (Å²) < 4.78 is 23.3. The Morgan fingerprint density at radius 3 is 1.98 bits per heavy atom. The number of aliphatic hydroxyl groups is 1. The average Bonchev–Trinajstić information content (AvgIpc) is 2.95. The SMILES string of the molecule is CC/C=C\C/C=C\C/C=C\C/C=C\CCCCC(=O)NC(COP(=O)(O)OCC[N+](C)(C)C)C(O)/C=C/CCCCCCC. The highest BCUT2D eigenvalue weighted by molar-refractivity contribution is 7.47. The number of phosphoric ester groups is 1. The Hall–Kier alpha value is -1.80. The van der Waals surface area contributed by atoms with E-state index in [-0.39, 0.29) is 19.1 Å². The second kappa shape index (κ2) is 27.5. The number of amides is 1. The van der Waals surface area contributed by atoms with E-state index in [0.717, 1.165) is 57.8 Å². The summed E-state index contributed by atoms with van der Waals surface area (Å²) in [5, 5.41) is 13.6. The molecule has 0 radical (unpaired) electrons. The Kier molecular flexibility index (Phi) is 26.4. The molecule has 0 saturated carbocycles. The molecule has 0 rings (SSSR count). The third-order valence-electron chi connectivity index (χ3n) is 6.74. The highest BCUT2D eigenvalue weighted by atomic mass is 31.2. The van der Waals surface area contributed by atoms with Gasteiger partial charge in [-0.25, -0.2) is 4.57 Å². The van der Waals surface area contributed by atoms with Gasteiger partial charge in [-0.2, -0.15) is 0 Å². The van der Waals surface area contributed by atoms with Crippen molar-refractivity contribution < 1.29 is 32.9 Å². The molecule has 0 aromatic carbocycles. The summed E-state index contributed by atoms with van der Waals surface area (Å²) in [7, 11) is 1.52. The number of phosphoric acid groups is 1. The van der Waals surface area contributed by atoms with Crippen molar-refractivity contribution in [2.45, 2.75) is 116 Å².